The Balaban J connectivity index is 2.89. The number of anilines is 1. The van der Waals surface area contributed by atoms with Gasteiger partial charge in [0, 0.05) is 21.9 Å². The molecular weight excluding hydrogens is 237 g/mol. The van der Waals surface area contributed by atoms with Crippen LogP contribution in [-0.4, -0.2) is 11.9 Å². The lowest BCUT2D eigenvalue weighted by Gasteiger charge is -2.13. The normalized spacial score (nSPS) is 12.5. The predicted octanol–water partition coefficient (Wildman–Crippen LogP) is 4.09. The molecule has 0 saturated carbocycles. The number of hydrogen-bond donors (Lipinski definition) is 1. The van der Waals surface area contributed by atoms with E-state index in [-0.39, 0.29) is 5.82 Å². The van der Waals surface area contributed by atoms with Gasteiger partial charge in [-0.05, 0) is 18.9 Å². The Bertz CT molecular complexity index is 371. The van der Waals surface area contributed by atoms with Crippen LogP contribution < -0.4 is 10.5 Å². The highest BCUT2D eigenvalue weighted by Crippen LogP contribution is 2.34. The Hall–Kier alpha value is -0.900. The van der Waals surface area contributed by atoms with Gasteiger partial charge in [0.2, 0.25) is 0 Å². The molecule has 0 aliphatic heterocycles. The number of thioether (sulfide) groups is 1. The van der Waals surface area contributed by atoms with Gasteiger partial charge in [0.1, 0.15) is 0 Å². The minimum absolute atomic E-state index is 0.298. The van der Waals surface area contributed by atoms with Crippen molar-refractivity contribution in [3.05, 3.63) is 17.9 Å². The van der Waals surface area contributed by atoms with Crippen LogP contribution in [0.25, 0.3) is 0 Å². The quantitative estimate of drug-likeness (QED) is 0.616. The Morgan fingerprint density at radius 2 is 2.12 bits per heavy atom. The van der Waals surface area contributed by atoms with Crippen LogP contribution in [0.15, 0.2) is 17.0 Å². The van der Waals surface area contributed by atoms with Crippen LogP contribution in [0.5, 0.6) is 5.75 Å². The lowest BCUT2D eigenvalue weighted by Crippen LogP contribution is -2.01. The number of rotatable bonds is 6. The monoisotopic (exact) mass is 257 g/mol. The van der Waals surface area contributed by atoms with Gasteiger partial charge in [-0.2, -0.15) is 0 Å². The molecule has 1 aromatic carbocycles. The highest BCUT2D eigenvalue weighted by Gasteiger charge is 2.11. The van der Waals surface area contributed by atoms with Crippen molar-refractivity contribution in [3.63, 3.8) is 0 Å². The molecule has 17 heavy (non-hydrogen) atoms. The van der Waals surface area contributed by atoms with E-state index in [2.05, 4.69) is 13.8 Å². The van der Waals surface area contributed by atoms with Crippen molar-refractivity contribution in [3.8, 4) is 5.75 Å². The topological polar surface area (TPSA) is 35.2 Å². The van der Waals surface area contributed by atoms with Crippen LogP contribution in [0.1, 0.15) is 33.6 Å². The van der Waals surface area contributed by atoms with E-state index in [1.165, 1.54) is 6.07 Å². The minimum atomic E-state index is -0.385. The number of hydrogen-bond acceptors (Lipinski definition) is 3. The number of nitrogens with two attached hydrogens (primary N) is 1. The van der Waals surface area contributed by atoms with Crippen LogP contribution in [0, 0.1) is 5.82 Å². The molecule has 1 aromatic rings. The fourth-order valence-electron chi connectivity index (χ4n) is 1.27. The van der Waals surface area contributed by atoms with Crippen molar-refractivity contribution < 1.29 is 9.13 Å². The standard InChI is InChI=1S/C13H20FNOS/c1-4-6-16-12-8-13(17-9(3)5-2)11(15)7-10(12)14/h7-9H,4-6,15H2,1-3H3. The molecule has 1 rings (SSSR count). The Kier molecular flexibility index (Phi) is 5.62. The zero-order chi connectivity index (χ0) is 12.8. The molecule has 1 atom stereocenters. The van der Waals surface area contributed by atoms with E-state index in [1.807, 2.05) is 6.92 Å². The van der Waals surface area contributed by atoms with E-state index in [9.17, 15) is 4.39 Å². The summed E-state index contributed by atoms with van der Waals surface area (Å²) in [5, 5.41) is 0.460. The number of halogens is 1. The van der Waals surface area contributed by atoms with Crippen LogP contribution in [0.2, 0.25) is 0 Å². The smallest absolute Gasteiger partial charge is 0.167 e. The second-order valence-electron chi connectivity index (χ2n) is 4.01. The van der Waals surface area contributed by atoms with Crippen molar-refractivity contribution in [2.75, 3.05) is 12.3 Å². The van der Waals surface area contributed by atoms with Gasteiger partial charge in [0.25, 0.3) is 0 Å². The van der Waals surface area contributed by atoms with Crippen LogP contribution in [-0.2, 0) is 0 Å². The summed E-state index contributed by atoms with van der Waals surface area (Å²) >= 11 is 1.65. The van der Waals surface area contributed by atoms with Gasteiger partial charge < -0.3 is 10.5 Å². The van der Waals surface area contributed by atoms with E-state index in [1.54, 1.807) is 17.8 Å². The molecule has 2 N–H and O–H groups in total. The van der Waals surface area contributed by atoms with Gasteiger partial charge in [-0.25, -0.2) is 4.39 Å². The van der Waals surface area contributed by atoms with E-state index < -0.39 is 0 Å². The number of ether oxygens (including phenoxy) is 1. The van der Waals surface area contributed by atoms with Crippen molar-refractivity contribution in [1.82, 2.24) is 0 Å². The maximum atomic E-state index is 13.6. The van der Waals surface area contributed by atoms with Crippen molar-refractivity contribution in [2.45, 2.75) is 43.8 Å². The molecule has 0 aliphatic rings. The Labute approximate surface area is 107 Å². The fraction of sp³-hybridized carbons (Fsp3) is 0.538. The van der Waals surface area contributed by atoms with Crippen LogP contribution in [0.3, 0.4) is 0 Å². The van der Waals surface area contributed by atoms with E-state index >= 15 is 0 Å². The molecule has 0 amide bonds. The zero-order valence-electron chi connectivity index (χ0n) is 10.6. The molecule has 0 aromatic heterocycles. The highest BCUT2D eigenvalue weighted by molar-refractivity contribution is 8.00. The second kappa shape index (κ2) is 6.74. The van der Waals surface area contributed by atoms with E-state index in [0.29, 0.717) is 23.3 Å². The molecule has 1 unspecified atom stereocenters. The van der Waals surface area contributed by atoms with Crippen molar-refractivity contribution in [2.24, 2.45) is 0 Å². The lowest BCUT2D eigenvalue weighted by molar-refractivity contribution is 0.300. The molecule has 96 valence electrons. The first-order chi connectivity index (χ1) is 8.08. The average Bonchev–Trinajstić information content (AvgIpc) is 2.30. The first-order valence-corrected chi connectivity index (χ1v) is 6.84. The van der Waals surface area contributed by atoms with Gasteiger partial charge in [-0.3, -0.25) is 0 Å². The van der Waals surface area contributed by atoms with Gasteiger partial charge in [0.05, 0.1) is 6.61 Å². The molecule has 0 bridgehead atoms. The summed E-state index contributed by atoms with van der Waals surface area (Å²) in [7, 11) is 0. The third-order valence-electron chi connectivity index (χ3n) is 2.43. The second-order valence-corrected chi connectivity index (χ2v) is 5.49. The molecule has 0 radical (unpaired) electrons. The zero-order valence-corrected chi connectivity index (χ0v) is 11.4. The summed E-state index contributed by atoms with van der Waals surface area (Å²) in [5.74, 6) is -0.0868. The average molecular weight is 257 g/mol. The van der Waals surface area contributed by atoms with Gasteiger partial charge in [0.15, 0.2) is 11.6 Å². The van der Waals surface area contributed by atoms with E-state index in [0.717, 1.165) is 17.7 Å². The predicted molar refractivity (Wildman–Crippen MR) is 72.2 cm³/mol. The van der Waals surface area contributed by atoms with Crippen molar-refractivity contribution in [1.29, 1.82) is 0 Å². The maximum absolute atomic E-state index is 13.6. The first-order valence-electron chi connectivity index (χ1n) is 5.96. The SMILES string of the molecule is CCCOc1cc(SC(C)CC)c(N)cc1F. The first kappa shape index (κ1) is 14.2. The van der Waals surface area contributed by atoms with E-state index in [4.69, 9.17) is 10.5 Å². The largest absolute Gasteiger partial charge is 0.490 e. The molecule has 0 heterocycles. The molecule has 2 nitrogen and oxygen atoms in total. The van der Waals surface area contributed by atoms with Gasteiger partial charge in [-0.15, -0.1) is 11.8 Å². The fourth-order valence-corrected chi connectivity index (χ4v) is 2.25. The Morgan fingerprint density at radius 3 is 2.71 bits per heavy atom. The summed E-state index contributed by atoms with van der Waals surface area (Å²) in [6.07, 6.45) is 1.91. The number of nitrogen functional groups attached to an aromatic ring is 1. The van der Waals surface area contributed by atoms with Crippen LogP contribution >= 0.6 is 11.8 Å². The minimum Gasteiger partial charge on any atom is -0.490 e. The summed E-state index contributed by atoms with van der Waals surface area (Å²) in [4.78, 5) is 0.895. The van der Waals surface area contributed by atoms with Crippen molar-refractivity contribution >= 4 is 17.4 Å². The third kappa shape index (κ3) is 4.11. The maximum Gasteiger partial charge on any atom is 0.167 e. The van der Waals surface area contributed by atoms with Gasteiger partial charge >= 0.3 is 0 Å². The number of benzene rings is 1. The molecule has 0 saturated heterocycles. The molecule has 0 aliphatic carbocycles. The Morgan fingerprint density at radius 1 is 1.41 bits per heavy atom. The summed E-state index contributed by atoms with van der Waals surface area (Å²) in [6.45, 7) is 6.75. The molecular formula is C13H20FNOS. The lowest BCUT2D eigenvalue weighted by atomic mass is 10.3. The van der Waals surface area contributed by atoms with Gasteiger partial charge in [-0.1, -0.05) is 20.8 Å². The summed E-state index contributed by atoms with van der Waals surface area (Å²) in [6, 6.07) is 3.05. The highest BCUT2D eigenvalue weighted by atomic mass is 32.2. The molecule has 0 fully saturated rings. The summed E-state index contributed by atoms with van der Waals surface area (Å²) in [5.41, 5.74) is 6.29. The molecule has 0 spiro atoms. The summed E-state index contributed by atoms with van der Waals surface area (Å²) < 4.78 is 18.9. The molecule has 4 heteroatoms. The third-order valence-corrected chi connectivity index (χ3v) is 3.77. The van der Waals surface area contributed by atoms with Crippen LogP contribution in [0.4, 0.5) is 10.1 Å².